The minimum absolute atomic E-state index is 0.0662. The number of rotatable bonds is 6. The van der Waals surface area contributed by atoms with Gasteiger partial charge in [0.15, 0.2) is 0 Å². The second kappa shape index (κ2) is 9.53. The number of carbonyl (C=O) groups excluding carboxylic acids is 1. The van der Waals surface area contributed by atoms with Crippen LogP contribution in [-0.2, 0) is 17.8 Å². The quantitative estimate of drug-likeness (QED) is 0.605. The van der Waals surface area contributed by atoms with E-state index in [0.29, 0.717) is 5.91 Å². The number of carbonyl (C=O) groups is 1. The maximum atomic E-state index is 13.5. The first-order valence-electron chi connectivity index (χ1n) is 11.4. The Bertz CT molecular complexity index is 828. The first kappa shape index (κ1) is 21.4. The van der Waals surface area contributed by atoms with Crippen LogP contribution >= 0.6 is 11.6 Å². The minimum Gasteiger partial charge on any atom is -0.337 e. The Morgan fingerprint density at radius 1 is 0.967 bits per heavy atom. The highest BCUT2D eigenvalue weighted by atomic mass is 35.5. The molecule has 0 aliphatic carbocycles. The van der Waals surface area contributed by atoms with Crippen LogP contribution in [0, 0.1) is 5.92 Å². The van der Waals surface area contributed by atoms with Gasteiger partial charge in [-0.2, -0.15) is 0 Å². The average Bonchev–Trinajstić information content (AvgIpc) is 2.77. The Hall–Kier alpha value is -1.84. The van der Waals surface area contributed by atoms with Gasteiger partial charge in [-0.1, -0.05) is 61.0 Å². The van der Waals surface area contributed by atoms with Crippen LogP contribution in [0.5, 0.6) is 0 Å². The fourth-order valence-corrected chi connectivity index (χ4v) is 5.44. The van der Waals surface area contributed by atoms with Crippen LogP contribution in [0.25, 0.3) is 0 Å². The summed E-state index contributed by atoms with van der Waals surface area (Å²) in [5.41, 5.74) is 2.65. The molecule has 2 saturated heterocycles. The molecule has 2 aromatic carbocycles. The number of piperidine rings is 2. The fraction of sp³-hybridized carbons (Fsp3) is 0.500. The van der Waals surface area contributed by atoms with Gasteiger partial charge in [-0.15, -0.1) is 0 Å². The Balaban J connectivity index is 1.41. The SMILES string of the molecule is CCCN1C(=O)C(Cc2ccccc2)CCC12CCN(Cc1ccc(Cl)cc1)CC2. The van der Waals surface area contributed by atoms with Crippen molar-refractivity contribution in [2.24, 2.45) is 5.92 Å². The van der Waals surface area contributed by atoms with Crippen molar-refractivity contribution in [3.8, 4) is 0 Å². The van der Waals surface area contributed by atoms with Gasteiger partial charge in [0.1, 0.15) is 0 Å². The molecule has 0 bridgehead atoms. The van der Waals surface area contributed by atoms with Gasteiger partial charge >= 0.3 is 0 Å². The van der Waals surface area contributed by atoms with E-state index in [-0.39, 0.29) is 11.5 Å². The summed E-state index contributed by atoms with van der Waals surface area (Å²) < 4.78 is 0. The summed E-state index contributed by atoms with van der Waals surface area (Å²) in [6.45, 7) is 6.16. The van der Waals surface area contributed by atoms with E-state index in [1.165, 1.54) is 11.1 Å². The Morgan fingerprint density at radius 2 is 1.67 bits per heavy atom. The largest absolute Gasteiger partial charge is 0.337 e. The molecule has 1 atom stereocenters. The zero-order chi connectivity index (χ0) is 21.0. The predicted molar refractivity (Wildman–Crippen MR) is 124 cm³/mol. The van der Waals surface area contributed by atoms with Crippen LogP contribution in [0.1, 0.15) is 50.2 Å². The summed E-state index contributed by atoms with van der Waals surface area (Å²) in [4.78, 5) is 18.3. The van der Waals surface area contributed by atoms with E-state index in [1.807, 2.05) is 18.2 Å². The molecule has 0 aromatic heterocycles. The van der Waals surface area contributed by atoms with Crippen LogP contribution in [-0.4, -0.2) is 40.9 Å². The molecule has 1 spiro atoms. The van der Waals surface area contributed by atoms with Gasteiger partial charge in [0, 0.05) is 42.7 Å². The molecule has 2 aromatic rings. The molecule has 4 heteroatoms. The second-order valence-corrected chi connectivity index (χ2v) is 9.48. The van der Waals surface area contributed by atoms with Crippen molar-refractivity contribution in [1.29, 1.82) is 0 Å². The molecule has 30 heavy (non-hydrogen) atoms. The summed E-state index contributed by atoms with van der Waals surface area (Å²) in [5, 5.41) is 0.789. The van der Waals surface area contributed by atoms with E-state index in [9.17, 15) is 4.79 Å². The molecule has 2 heterocycles. The minimum atomic E-state index is 0.0662. The maximum Gasteiger partial charge on any atom is 0.226 e. The number of halogens is 1. The highest BCUT2D eigenvalue weighted by molar-refractivity contribution is 6.30. The number of hydrogen-bond donors (Lipinski definition) is 0. The third-order valence-corrected chi connectivity index (χ3v) is 7.28. The van der Waals surface area contributed by atoms with E-state index in [4.69, 9.17) is 11.6 Å². The molecule has 3 nitrogen and oxygen atoms in total. The molecule has 160 valence electrons. The standard InChI is InChI=1S/C26H33ClN2O/c1-2-16-29-25(30)23(19-21-6-4-3-5-7-21)12-13-26(29)14-17-28(18-15-26)20-22-8-10-24(27)11-9-22/h3-11,23H,2,12-20H2,1H3. The van der Waals surface area contributed by atoms with E-state index in [1.54, 1.807) is 0 Å². The van der Waals surface area contributed by atoms with Gasteiger partial charge in [0.25, 0.3) is 0 Å². The van der Waals surface area contributed by atoms with Gasteiger partial charge in [-0.3, -0.25) is 9.69 Å². The Morgan fingerprint density at radius 3 is 2.33 bits per heavy atom. The van der Waals surface area contributed by atoms with Crippen LogP contribution < -0.4 is 0 Å². The van der Waals surface area contributed by atoms with Gasteiger partial charge in [-0.05, 0) is 61.8 Å². The highest BCUT2D eigenvalue weighted by Gasteiger charge is 2.47. The zero-order valence-electron chi connectivity index (χ0n) is 18.0. The number of hydrogen-bond acceptors (Lipinski definition) is 2. The molecule has 2 aliphatic rings. The highest BCUT2D eigenvalue weighted by Crippen LogP contribution is 2.41. The topological polar surface area (TPSA) is 23.6 Å². The van der Waals surface area contributed by atoms with Crippen molar-refractivity contribution in [1.82, 2.24) is 9.80 Å². The third kappa shape index (κ3) is 4.73. The van der Waals surface area contributed by atoms with Gasteiger partial charge < -0.3 is 4.90 Å². The summed E-state index contributed by atoms with van der Waals surface area (Å²) in [6.07, 6.45) is 6.24. The number of benzene rings is 2. The fourth-order valence-electron chi connectivity index (χ4n) is 5.31. The first-order chi connectivity index (χ1) is 14.6. The Labute approximate surface area is 186 Å². The molecule has 1 unspecified atom stereocenters. The van der Waals surface area contributed by atoms with Crippen molar-refractivity contribution in [2.45, 2.75) is 57.5 Å². The molecule has 0 N–H and O–H groups in total. The lowest BCUT2D eigenvalue weighted by Gasteiger charge is -2.53. The van der Waals surface area contributed by atoms with Crippen LogP contribution in [0.3, 0.4) is 0 Å². The predicted octanol–water partition coefficient (Wildman–Crippen LogP) is 5.57. The Kier molecular flexibility index (Phi) is 6.80. The van der Waals surface area contributed by atoms with Crippen molar-refractivity contribution in [3.63, 3.8) is 0 Å². The smallest absolute Gasteiger partial charge is 0.226 e. The zero-order valence-corrected chi connectivity index (χ0v) is 18.8. The molecular weight excluding hydrogens is 392 g/mol. The van der Waals surface area contributed by atoms with Crippen molar-refractivity contribution < 1.29 is 4.79 Å². The van der Waals surface area contributed by atoms with Crippen molar-refractivity contribution in [3.05, 3.63) is 70.7 Å². The van der Waals surface area contributed by atoms with E-state index >= 15 is 0 Å². The monoisotopic (exact) mass is 424 g/mol. The molecule has 1 amide bonds. The van der Waals surface area contributed by atoms with E-state index in [0.717, 1.165) is 69.7 Å². The second-order valence-electron chi connectivity index (χ2n) is 9.04. The number of likely N-dealkylation sites (tertiary alicyclic amines) is 2. The molecular formula is C26H33ClN2O. The van der Waals surface area contributed by atoms with Crippen LogP contribution in [0.15, 0.2) is 54.6 Å². The molecule has 2 fully saturated rings. The normalized spacial score (nSPS) is 21.9. The van der Waals surface area contributed by atoms with Gasteiger partial charge in [0.05, 0.1) is 0 Å². The first-order valence-corrected chi connectivity index (χ1v) is 11.8. The lowest BCUT2D eigenvalue weighted by atomic mass is 9.74. The lowest BCUT2D eigenvalue weighted by Crippen LogP contribution is -2.61. The van der Waals surface area contributed by atoms with Gasteiger partial charge in [-0.25, -0.2) is 0 Å². The van der Waals surface area contributed by atoms with Gasteiger partial charge in [0.2, 0.25) is 5.91 Å². The van der Waals surface area contributed by atoms with Crippen LogP contribution in [0.4, 0.5) is 0 Å². The maximum absolute atomic E-state index is 13.5. The average molecular weight is 425 g/mol. The summed E-state index contributed by atoms with van der Waals surface area (Å²) >= 11 is 6.02. The van der Waals surface area contributed by atoms with Crippen molar-refractivity contribution >= 4 is 17.5 Å². The summed E-state index contributed by atoms with van der Waals surface area (Å²) in [7, 11) is 0. The number of nitrogens with zero attached hydrogens (tertiary/aromatic N) is 2. The third-order valence-electron chi connectivity index (χ3n) is 7.02. The number of amides is 1. The molecule has 0 saturated carbocycles. The van der Waals surface area contributed by atoms with Crippen molar-refractivity contribution in [2.75, 3.05) is 19.6 Å². The lowest BCUT2D eigenvalue weighted by molar-refractivity contribution is -0.151. The van der Waals surface area contributed by atoms with Crippen LogP contribution in [0.2, 0.25) is 5.02 Å². The molecule has 2 aliphatic heterocycles. The summed E-state index contributed by atoms with van der Waals surface area (Å²) in [6, 6.07) is 18.7. The summed E-state index contributed by atoms with van der Waals surface area (Å²) in [5.74, 6) is 0.523. The molecule has 4 rings (SSSR count). The molecule has 0 radical (unpaired) electrons. The van der Waals surface area contributed by atoms with E-state index < -0.39 is 0 Å². The van der Waals surface area contributed by atoms with E-state index in [2.05, 4.69) is 53.1 Å².